The molecule has 2 heteroatoms. The van der Waals surface area contributed by atoms with Crippen LogP contribution >= 0.6 is 0 Å². The van der Waals surface area contributed by atoms with Crippen LogP contribution in [0.1, 0.15) is 73.1 Å². The molecule has 0 saturated heterocycles. The Morgan fingerprint density at radius 1 is 1.08 bits per heavy atom. The van der Waals surface area contributed by atoms with E-state index in [9.17, 15) is 4.79 Å². The van der Waals surface area contributed by atoms with Gasteiger partial charge in [0.1, 0.15) is 5.75 Å². The number of carbonyl (C=O) groups excluding carboxylic acids is 1. The fraction of sp³-hybridized carbons (Fsp3) is 0.409. The van der Waals surface area contributed by atoms with Crippen LogP contribution < -0.4 is 4.74 Å². The zero-order valence-electron chi connectivity index (χ0n) is 15.9. The summed E-state index contributed by atoms with van der Waals surface area (Å²) >= 11 is 0. The molecule has 0 radical (unpaired) electrons. The van der Waals surface area contributed by atoms with Gasteiger partial charge in [-0.25, -0.2) is 0 Å². The van der Waals surface area contributed by atoms with Crippen LogP contribution in [-0.2, 0) is 5.41 Å². The van der Waals surface area contributed by atoms with Gasteiger partial charge in [-0.3, -0.25) is 4.79 Å². The van der Waals surface area contributed by atoms with Crippen LogP contribution in [0.15, 0.2) is 36.4 Å². The minimum Gasteiger partial charge on any atom is -0.496 e. The molecule has 0 aliphatic heterocycles. The van der Waals surface area contributed by atoms with E-state index in [1.807, 2.05) is 37.3 Å². The summed E-state index contributed by atoms with van der Waals surface area (Å²) < 4.78 is 5.53. The molecular formula is C22H28O2. The van der Waals surface area contributed by atoms with Crippen LogP contribution in [0.25, 0.3) is 0 Å². The van der Waals surface area contributed by atoms with E-state index in [0.717, 1.165) is 28.0 Å². The Labute approximate surface area is 145 Å². The van der Waals surface area contributed by atoms with E-state index in [1.165, 1.54) is 5.56 Å². The van der Waals surface area contributed by atoms with Crippen molar-refractivity contribution in [3.05, 3.63) is 64.2 Å². The summed E-state index contributed by atoms with van der Waals surface area (Å²) in [5.41, 5.74) is 4.59. The lowest BCUT2D eigenvalue weighted by molar-refractivity contribution is 0.103. The molecule has 128 valence electrons. The van der Waals surface area contributed by atoms with E-state index in [-0.39, 0.29) is 11.2 Å². The number of aryl methyl sites for hydroxylation is 1. The molecule has 0 aromatic heterocycles. The zero-order valence-corrected chi connectivity index (χ0v) is 15.9. The third kappa shape index (κ3) is 3.69. The first-order valence-electron chi connectivity index (χ1n) is 8.49. The standard InChI is InChI=1S/C22H28O2/c1-14(2)16-9-8-10-17(12-16)21(23)18-13-19(22(4,5)6)20(24-7)11-15(18)3/h8-14H,1-7H3. The van der Waals surface area contributed by atoms with Crippen molar-refractivity contribution >= 4 is 5.78 Å². The average molecular weight is 324 g/mol. The second-order valence-corrected chi connectivity index (χ2v) is 7.73. The topological polar surface area (TPSA) is 26.3 Å². The van der Waals surface area contributed by atoms with Crippen molar-refractivity contribution in [3.63, 3.8) is 0 Å². The van der Waals surface area contributed by atoms with Gasteiger partial charge in [-0.1, -0.05) is 52.8 Å². The molecule has 2 rings (SSSR count). The number of ketones is 1. The fourth-order valence-electron chi connectivity index (χ4n) is 2.88. The van der Waals surface area contributed by atoms with Gasteiger partial charge in [-0.2, -0.15) is 0 Å². The summed E-state index contributed by atoms with van der Waals surface area (Å²) in [6.45, 7) is 12.6. The number of hydrogen-bond acceptors (Lipinski definition) is 2. The highest BCUT2D eigenvalue weighted by Crippen LogP contribution is 2.34. The maximum absolute atomic E-state index is 13.1. The van der Waals surface area contributed by atoms with Crippen molar-refractivity contribution in [2.24, 2.45) is 0 Å². The highest BCUT2D eigenvalue weighted by Gasteiger charge is 2.23. The molecule has 0 N–H and O–H groups in total. The lowest BCUT2D eigenvalue weighted by atomic mass is 9.83. The molecule has 0 spiro atoms. The maximum atomic E-state index is 13.1. The van der Waals surface area contributed by atoms with Gasteiger partial charge >= 0.3 is 0 Å². The smallest absolute Gasteiger partial charge is 0.193 e. The number of carbonyl (C=O) groups is 1. The SMILES string of the molecule is COc1cc(C)c(C(=O)c2cccc(C(C)C)c2)cc1C(C)(C)C. The Bertz CT molecular complexity index is 749. The fourth-order valence-corrected chi connectivity index (χ4v) is 2.88. The summed E-state index contributed by atoms with van der Waals surface area (Å²) in [7, 11) is 1.68. The monoisotopic (exact) mass is 324 g/mol. The minimum absolute atomic E-state index is 0.0724. The van der Waals surface area contributed by atoms with E-state index < -0.39 is 0 Å². The zero-order chi connectivity index (χ0) is 18.1. The molecule has 24 heavy (non-hydrogen) atoms. The van der Waals surface area contributed by atoms with Crippen LogP contribution in [0.4, 0.5) is 0 Å². The van der Waals surface area contributed by atoms with E-state index in [4.69, 9.17) is 4.74 Å². The van der Waals surface area contributed by atoms with Gasteiger partial charge in [0.25, 0.3) is 0 Å². The summed E-state index contributed by atoms with van der Waals surface area (Å²) in [6.07, 6.45) is 0. The van der Waals surface area contributed by atoms with Gasteiger partial charge in [-0.15, -0.1) is 0 Å². The van der Waals surface area contributed by atoms with Gasteiger partial charge in [0.2, 0.25) is 0 Å². The number of rotatable bonds is 4. The second kappa shape index (κ2) is 6.80. The molecule has 0 heterocycles. The molecule has 2 aromatic carbocycles. The molecule has 0 amide bonds. The van der Waals surface area contributed by atoms with Crippen molar-refractivity contribution in [3.8, 4) is 5.75 Å². The number of hydrogen-bond donors (Lipinski definition) is 0. The van der Waals surface area contributed by atoms with Crippen molar-refractivity contribution in [1.82, 2.24) is 0 Å². The maximum Gasteiger partial charge on any atom is 0.193 e. The van der Waals surface area contributed by atoms with Crippen LogP contribution in [-0.4, -0.2) is 12.9 Å². The minimum atomic E-state index is -0.0894. The lowest BCUT2D eigenvalue weighted by Gasteiger charge is -2.24. The molecule has 2 aromatic rings. The Balaban J connectivity index is 2.56. The van der Waals surface area contributed by atoms with Crippen molar-refractivity contribution in [2.75, 3.05) is 7.11 Å². The Kier molecular flexibility index (Phi) is 5.17. The Morgan fingerprint density at radius 2 is 1.75 bits per heavy atom. The third-order valence-electron chi connectivity index (χ3n) is 4.41. The molecule has 0 atom stereocenters. The molecule has 0 unspecified atom stereocenters. The lowest BCUT2D eigenvalue weighted by Crippen LogP contribution is -2.15. The quantitative estimate of drug-likeness (QED) is 0.679. The number of benzene rings is 2. The van der Waals surface area contributed by atoms with Crippen LogP contribution in [0, 0.1) is 6.92 Å². The summed E-state index contributed by atoms with van der Waals surface area (Å²) in [5.74, 6) is 1.32. The molecule has 0 aliphatic carbocycles. The molecule has 0 aliphatic rings. The molecule has 0 fully saturated rings. The van der Waals surface area contributed by atoms with Gasteiger partial charge in [0.05, 0.1) is 7.11 Å². The highest BCUT2D eigenvalue weighted by atomic mass is 16.5. The Hall–Kier alpha value is -2.09. The van der Waals surface area contributed by atoms with Crippen molar-refractivity contribution < 1.29 is 9.53 Å². The van der Waals surface area contributed by atoms with E-state index in [1.54, 1.807) is 7.11 Å². The van der Waals surface area contributed by atoms with Gasteiger partial charge in [-0.05, 0) is 47.6 Å². The van der Waals surface area contributed by atoms with E-state index in [0.29, 0.717) is 5.92 Å². The van der Waals surface area contributed by atoms with Crippen LogP contribution in [0.5, 0.6) is 5.75 Å². The molecule has 2 nitrogen and oxygen atoms in total. The van der Waals surface area contributed by atoms with Crippen molar-refractivity contribution in [2.45, 2.75) is 52.9 Å². The summed E-state index contributed by atoms with van der Waals surface area (Å²) in [5, 5.41) is 0. The molecular weight excluding hydrogens is 296 g/mol. The average Bonchev–Trinajstić information content (AvgIpc) is 2.52. The van der Waals surface area contributed by atoms with Crippen LogP contribution in [0.3, 0.4) is 0 Å². The Morgan fingerprint density at radius 3 is 2.29 bits per heavy atom. The van der Waals surface area contributed by atoms with Crippen molar-refractivity contribution in [1.29, 1.82) is 0 Å². The van der Waals surface area contributed by atoms with E-state index >= 15 is 0 Å². The predicted molar refractivity (Wildman–Crippen MR) is 100 cm³/mol. The summed E-state index contributed by atoms with van der Waals surface area (Å²) in [4.78, 5) is 13.1. The first-order chi connectivity index (χ1) is 11.1. The van der Waals surface area contributed by atoms with E-state index in [2.05, 4.69) is 40.7 Å². The van der Waals surface area contributed by atoms with Gasteiger partial charge in [0, 0.05) is 16.7 Å². The largest absolute Gasteiger partial charge is 0.496 e. The molecule has 0 saturated carbocycles. The molecule has 0 bridgehead atoms. The second-order valence-electron chi connectivity index (χ2n) is 7.73. The highest BCUT2D eigenvalue weighted by molar-refractivity contribution is 6.10. The van der Waals surface area contributed by atoms with Gasteiger partial charge < -0.3 is 4.74 Å². The third-order valence-corrected chi connectivity index (χ3v) is 4.41. The first kappa shape index (κ1) is 18.3. The first-order valence-corrected chi connectivity index (χ1v) is 8.49. The number of ether oxygens (including phenoxy) is 1. The van der Waals surface area contributed by atoms with Gasteiger partial charge in [0.15, 0.2) is 5.78 Å². The summed E-state index contributed by atoms with van der Waals surface area (Å²) in [6, 6.07) is 11.9. The van der Waals surface area contributed by atoms with Crippen LogP contribution in [0.2, 0.25) is 0 Å². The number of methoxy groups -OCH3 is 1. The normalized spacial score (nSPS) is 11.7. The predicted octanol–water partition coefficient (Wildman–Crippen LogP) is 5.66.